The van der Waals surface area contributed by atoms with Gasteiger partial charge in [0.25, 0.3) is 0 Å². The van der Waals surface area contributed by atoms with Crippen LogP contribution in [0.5, 0.6) is 0 Å². The van der Waals surface area contributed by atoms with E-state index in [1.807, 2.05) is 18.2 Å². The molecule has 0 saturated carbocycles. The van der Waals surface area contributed by atoms with Gasteiger partial charge in [-0.2, -0.15) is 0 Å². The third kappa shape index (κ3) is 3.59. The molecule has 0 aliphatic carbocycles. The Morgan fingerprint density at radius 2 is 1.84 bits per heavy atom. The zero-order valence-corrected chi connectivity index (χ0v) is 13.4. The van der Waals surface area contributed by atoms with Gasteiger partial charge in [-0.3, -0.25) is 0 Å². The summed E-state index contributed by atoms with van der Waals surface area (Å²) in [5.41, 5.74) is 11.3. The van der Waals surface area contributed by atoms with Crippen LogP contribution in [-0.2, 0) is 6.42 Å². The second-order valence-electron chi connectivity index (χ2n) is 4.90. The fourth-order valence-corrected chi connectivity index (χ4v) is 3.07. The fourth-order valence-electron chi connectivity index (χ4n) is 2.10. The second kappa shape index (κ2) is 6.08. The molecule has 1 atom stereocenters. The molecule has 2 aromatic carbocycles. The van der Waals surface area contributed by atoms with Gasteiger partial charge in [0.2, 0.25) is 0 Å². The van der Waals surface area contributed by atoms with Crippen LogP contribution < -0.4 is 5.73 Å². The Balaban J connectivity index is 2.20. The number of benzene rings is 2. The SMILES string of the molecule is Cc1ccc(CC(N)c2ccc(Cl)cc2Br)cc1C. The van der Waals surface area contributed by atoms with Gasteiger partial charge in [-0.05, 0) is 54.7 Å². The summed E-state index contributed by atoms with van der Waals surface area (Å²) < 4.78 is 0.969. The van der Waals surface area contributed by atoms with E-state index in [0.29, 0.717) is 5.02 Å². The normalized spacial score (nSPS) is 12.5. The highest BCUT2D eigenvalue weighted by molar-refractivity contribution is 9.10. The Bertz CT molecular complexity index is 595. The van der Waals surface area contributed by atoms with Crippen molar-refractivity contribution in [2.45, 2.75) is 26.3 Å². The standard InChI is InChI=1S/C16H17BrClN/c1-10-3-4-12(7-11(10)2)8-16(19)14-6-5-13(18)9-15(14)17/h3-7,9,16H,8,19H2,1-2H3. The van der Waals surface area contributed by atoms with E-state index in [1.165, 1.54) is 16.7 Å². The summed E-state index contributed by atoms with van der Waals surface area (Å²) in [7, 11) is 0. The van der Waals surface area contributed by atoms with E-state index in [0.717, 1.165) is 16.5 Å². The van der Waals surface area contributed by atoms with E-state index < -0.39 is 0 Å². The Morgan fingerprint density at radius 1 is 1.11 bits per heavy atom. The molecular weight excluding hydrogens is 322 g/mol. The molecule has 19 heavy (non-hydrogen) atoms. The molecule has 0 amide bonds. The molecule has 0 fully saturated rings. The van der Waals surface area contributed by atoms with E-state index in [1.54, 1.807) is 0 Å². The van der Waals surface area contributed by atoms with Crippen LogP contribution in [0.25, 0.3) is 0 Å². The zero-order valence-electron chi connectivity index (χ0n) is 11.1. The van der Waals surface area contributed by atoms with Crippen molar-refractivity contribution in [3.63, 3.8) is 0 Å². The highest BCUT2D eigenvalue weighted by Crippen LogP contribution is 2.27. The predicted octanol–water partition coefficient (Wildman–Crippen LogP) is 4.96. The van der Waals surface area contributed by atoms with Crippen molar-refractivity contribution < 1.29 is 0 Å². The van der Waals surface area contributed by atoms with Crippen LogP contribution in [0.15, 0.2) is 40.9 Å². The van der Waals surface area contributed by atoms with E-state index >= 15 is 0 Å². The first-order chi connectivity index (χ1) is 8.97. The fraction of sp³-hybridized carbons (Fsp3) is 0.250. The molecule has 0 spiro atoms. The van der Waals surface area contributed by atoms with Gasteiger partial charge in [0, 0.05) is 15.5 Å². The average molecular weight is 339 g/mol. The van der Waals surface area contributed by atoms with Crippen LogP contribution >= 0.6 is 27.5 Å². The van der Waals surface area contributed by atoms with Crippen LogP contribution in [0.1, 0.15) is 28.3 Å². The first kappa shape index (κ1) is 14.6. The summed E-state index contributed by atoms with van der Waals surface area (Å²) in [5, 5.41) is 0.717. The van der Waals surface area contributed by atoms with Crippen molar-refractivity contribution >= 4 is 27.5 Å². The Morgan fingerprint density at radius 3 is 2.47 bits per heavy atom. The molecular formula is C16H17BrClN. The molecule has 2 aromatic rings. The zero-order chi connectivity index (χ0) is 14.0. The third-order valence-corrected chi connectivity index (χ3v) is 4.31. The van der Waals surface area contributed by atoms with Crippen LogP contribution in [0.3, 0.4) is 0 Å². The summed E-state index contributed by atoms with van der Waals surface area (Å²) in [6.07, 6.45) is 0.821. The topological polar surface area (TPSA) is 26.0 Å². The lowest BCUT2D eigenvalue weighted by atomic mass is 9.97. The van der Waals surface area contributed by atoms with Crippen LogP contribution in [-0.4, -0.2) is 0 Å². The summed E-state index contributed by atoms with van der Waals surface area (Å²) in [6, 6.07) is 12.2. The lowest BCUT2D eigenvalue weighted by Crippen LogP contribution is -2.14. The molecule has 0 saturated heterocycles. The molecule has 0 aromatic heterocycles. The highest BCUT2D eigenvalue weighted by Gasteiger charge is 2.11. The van der Waals surface area contributed by atoms with Crippen molar-refractivity contribution in [3.05, 3.63) is 68.1 Å². The van der Waals surface area contributed by atoms with Crippen molar-refractivity contribution in [1.82, 2.24) is 0 Å². The summed E-state index contributed by atoms with van der Waals surface area (Å²) in [4.78, 5) is 0. The highest BCUT2D eigenvalue weighted by atomic mass is 79.9. The number of hydrogen-bond donors (Lipinski definition) is 1. The Labute approximate surface area is 127 Å². The lowest BCUT2D eigenvalue weighted by molar-refractivity contribution is 0.718. The molecule has 0 aliphatic heterocycles. The monoisotopic (exact) mass is 337 g/mol. The Hall–Kier alpha value is -0.830. The molecule has 0 heterocycles. The van der Waals surface area contributed by atoms with Crippen molar-refractivity contribution in [1.29, 1.82) is 0 Å². The van der Waals surface area contributed by atoms with Gasteiger partial charge in [-0.1, -0.05) is 51.8 Å². The van der Waals surface area contributed by atoms with E-state index in [4.69, 9.17) is 17.3 Å². The van der Waals surface area contributed by atoms with Gasteiger partial charge in [-0.15, -0.1) is 0 Å². The van der Waals surface area contributed by atoms with Crippen LogP contribution in [0.2, 0.25) is 5.02 Å². The largest absolute Gasteiger partial charge is 0.324 e. The predicted molar refractivity (Wildman–Crippen MR) is 85.7 cm³/mol. The first-order valence-corrected chi connectivity index (χ1v) is 7.41. The number of rotatable bonds is 3. The summed E-state index contributed by atoms with van der Waals surface area (Å²) in [5.74, 6) is 0. The van der Waals surface area contributed by atoms with Gasteiger partial charge >= 0.3 is 0 Å². The molecule has 0 radical (unpaired) electrons. The van der Waals surface area contributed by atoms with Crippen molar-refractivity contribution in [2.24, 2.45) is 5.73 Å². The molecule has 100 valence electrons. The van der Waals surface area contributed by atoms with Crippen LogP contribution in [0, 0.1) is 13.8 Å². The maximum absolute atomic E-state index is 6.29. The molecule has 2 rings (SSSR count). The first-order valence-electron chi connectivity index (χ1n) is 6.24. The molecule has 2 N–H and O–H groups in total. The smallest absolute Gasteiger partial charge is 0.0417 e. The van der Waals surface area contributed by atoms with Gasteiger partial charge in [-0.25, -0.2) is 0 Å². The Kier molecular flexibility index (Phi) is 4.67. The minimum absolute atomic E-state index is 0.0336. The lowest BCUT2D eigenvalue weighted by Gasteiger charge is -2.15. The van der Waals surface area contributed by atoms with Gasteiger partial charge in [0.15, 0.2) is 0 Å². The summed E-state index contributed by atoms with van der Waals surface area (Å²) in [6.45, 7) is 4.25. The molecule has 0 bridgehead atoms. The van der Waals surface area contributed by atoms with Gasteiger partial charge in [0.05, 0.1) is 0 Å². The van der Waals surface area contributed by atoms with Gasteiger partial charge in [0.1, 0.15) is 0 Å². The molecule has 3 heteroatoms. The maximum atomic E-state index is 6.29. The van der Waals surface area contributed by atoms with Crippen molar-refractivity contribution in [2.75, 3.05) is 0 Å². The average Bonchev–Trinajstić information content (AvgIpc) is 2.33. The molecule has 0 aliphatic rings. The van der Waals surface area contributed by atoms with E-state index in [2.05, 4.69) is 48.0 Å². The third-order valence-electron chi connectivity index (χ3n) is 3.39. The quantitative estimate of drug-likeness (QED) is 0.841. The number of nitrogens with two attached hydrogens (primary N) is 1. The molecule has 1 unspecified atom stereocenters. The van der Waals surface area contributed by atoms with Crippen LogP contribution in [0.4, 0.5) is 0 Å². The van der Waals surface area contributed by atoms with Gasteiger partial charge < -0.3 is 5.73 Å². The number of halogens is 2. The minimum Gasteiger partial charge on any atom is -0.324 e. The number of aryl methyl sites for hydroxylation is 2. The summed E-state index contributed by atoms with van der Waals surface area (Å²) >= 11 is 9.47. The van der Waals surface area contributed by atoms with E-state index in [9.17, 15) is 0 Å². The minimum atomic E-state index is -0.0336. The maximum Gasteiger partial charge on any atom is 0.0417 e. The molecule has 1 nitrogen and oxygen atoms in total. The number of hydrogen-bond acceptors (Lipinski definition) is 1. The second-order valence-corrected chi connectivity index (χ2v) is 6.19. The van der Waals surface area contributed by atoms with E-state index in [-0.39, 0.29) is 6.04 Å². The van der Waals surface area contributed by atoms with Crippen molar-refractivity contribution in [3.8, 4) is 0 Å².